The summed E-state index contributed by atoms with van der Waals surface area (Å²) in [5.74, 6) is 1.01. The Morgan fingerprint density at radius 2 is 1.91 bits per heavy atom. The number of nitrogens with zero attached hydrogens (tertiary/aromatic N) is 3. The quantitative estimate of drug-likeness (QED) is 0.766. The van der Waals surface area contributed by atoms with Crippen molar-refractivity contribution in [1.29, 1.82) is 5.26 Å². The number of Topliss-reactive ketones (excluding diaryl/α,β-unsaturated/α-hetero) is 1. The highest BCUT2D eigenvalue weighted by Gasteiger charge is 2.46. The Bertz CT molecular complexity index is 1030. The van der Waals surface area contributed by atoms with Crippen molar-refractivity contribution in [3.05, 3.63) is 46.4 Å². The van der Waals surface area contributed by atoms with Crippen LogP contribution in [0.25, 0.3) is 0 Å². The van der Waals surface area contributed by atoms with Crippen molar-refractivity contribution in [2.45, 2.75) is 32.6 Å². The molecule has 1 aromatic rings. The van der Waals surface area contributed by atoms with E-state index >= 15 is 0 Å². The summed E-state index contributed by atoms with van der Waals surface area (Å²) in [6.07, 6.45) is 1.09. The molecule has 0 saturated carbocycles. The summed E-state index contributed by atoms with van der Waals surface area (Å²) in [7, 11) is 3.16. The molecule has 1 atom stereocenters. The Morgan fingerprint density at radius 3 is 2.53 bits per heavy atom. The number of carbonyl (C=O) groups excluding carboxylic acids is 1. The smallest absolute Gasteiger partial charge is 0.162 e. The molecule has 0 bridgehead atoms. The van der Waals surface area contributed by atoms with Crippen LogP contribution in [0.1, 0.15) is 38.2 Å². The van der Waals surface area contributed by atoms with Crippen LogP contribution in [0.3, 0.4) is 0 Å². The van der Waals surface area contributed by atoms with Gasteiger partial charge < -0.3 is 19.9 Å². The van der Waals surface area contributed by atoms with Crippen LogP contribution in [0.4, 0.5) is 0 Å². The normalized spacial score (nSPS) is 23.7. The number of nitriles is 1. The van der Waals surface area contributed by atoms with Crippen LogP contribution in [0.15, 0.2) is 40.9 Å². The van der Waals surface area contributed by atoms with Gasteiger partial charge in [-0.2, -0.15) is 5.26 Å². The first kappa shape index (κ1) is 22.2. The molecule has 8 nitrogen and oxygen atoms in total. The Morgan fingerprint density at radius 1 is 1.19 bits per heavy atom. The first-order chi connectivity index (χ1) is 15.3. The van der Waals surface area contributed by atoms with Crippen LogP contribution in [0.5, 0.6) is 11.5 Å². The van der Waals surface area contributed by atoms with Gasteiger partial charge in [-0.15, -0.1) is 0 Å². The van der Waals surface area contributed by atoms with E-state index in [0.29, 0.717) is 67.6 Å². The predicted molar refractivity (Wildman–Crippen MR) is 118 cm³/mol. The average Bonchev–Trinajstić information content (AvgIpc) is 2.77. The molecule has 8 heteroatoms. The summed E-state index contributed by atoms with van der Waals surface area (Å²) in [4.78, 5) is 13.6. The number of morpholine rings is 1. The van der Waals surface area contributed by atoms with Crippen molar-refractivity contribution in [1.82, 2.24) is 10.0 Å². The summed E-state index contributed by atoms with van der Waals surface area (Å²) in [6, 6.07) is 7.75. The van der Waals surface area contributed by atoms with Gasteiger partial charge in [0.1, 0.15) is 17.3 Å². The summed E-state index contributed by atoms with van der Waals surface area (Å²) in [5, 5.41) is 14.2. The van der Waals surface area contributed by atoms with Gasteiger partial charge >= 0.3 is 0 Å². The maximum atomic E-state index is 13.6. The molecule has 1 unspecified atom stereocenters. The second kappa shape index (κ2) is 8.49. The molecule has 1 fully saturated rings. The largest absolute Gasteiger partial charge is 0.497 e. The van der Waals surface area contributed by atoms with Gasteiger partial charge in [-0.25, -0.2) is 5.01 Å². The monoisotopic (exact) mass is 438 g/mol. The Kier molecular flexibility index (Phi) is 5.89. The lowest BCUT2D eigenvalue weighted by atomic mass is 9.69. The fourth-order valence-corrected chi connectivity index (χ4v) is 4.94. The fraction of sp³-hybridized carbons (Fsp3) is 0.500. The number of hydrogen-bond acceptors (Lipinski definition) is 8. The lowest BCUT2D eigenvalue weighted by molar-refractivity contribution is -0.119. The number of benzene rings is 1. The zero-order valence-electron chi connectivity index (χ0n) is 19.1. The van der Waals surface area contributed by atoms with E-state index in [4.69, 9.17) is 19.9 Å². The van der Waals surface area contributed by atoms with E-state index in [0.717, 1.165) is 11.3 Å². The average molecular weight is 439 g/mol. The molecule has 1 saturated heterocycles. The number of methoxy groups -OCH3 is 2. The van der Waals surface area contributed by atoms with Crippen LogP contribution in [0, 0.1) is 16.7 Å². The molecule has 0 radical (unpaired) electrons. The molecule has 1 aliphatic carbocycles. The van der Waals surface area contributed by atoms with Crippen LogP contribution in [-0.2, 0) is 9.53 Å². The van der Waals surface area contributed by atoms with Crippen molar-refractivity contribution in [2.75, 3.05) is 40.5 Å². The molecule has 0 amide bonds. The molecule has 32 heavy (non-hydrogen) atoms. The number of ketones is 1. The van der Waals surface area contributed by atoms with Gasteiger partial charge in [-0.05, 0) is 17.9 Å². The number of hydrazine groups is 1. The standard InChI is InChI=1S/C24H30N4O4/c1-24(2)12-18-22(19(29)13-24)21(16-6-5-15(30-3)11-20(16)31-4)17(14-25)23(26)28(18)27-7-9-32-10-8-27/h5-6,11,21H,7-10,12-13,26H2,1-4H3. The van der Waals surface area contributed by atoms with Crippen LogP contribution >= 0.6 is 0 Å². The lowest BCUT2D eigenvalue weighted by Gasteiger charge is -2.48. The van der Waals surface area contributed by atoms with Gasteiger partial charge in [0.2, 0.25) is 0 Å². The maximum Gasteiger partial charge on any atom is 0.162 e. The maximum absolute atomic E-state index is 13.6. The molecular formula is C24H30N4O4. The van der Waals surface area contributed by atoms with Gasteiger partial charge in [0.05, 0.1) is 45.0 Å². The third-order valence-electron chi connectivity index (χ3n) is 6.38. The second-order valence-electron chi connectivity index (χ2n) is 9.13. The van der Waals surface area contributed by atoms with Gasteiger partial charge in [0.15, 0.2) is 5.78 Å². The second-order valence-corrected chi connectivity index (χ2v) is 9.13. The third kappa shape index (κ3) is 3.72. The molecule has 2 N–H and O–H groups in total. The summed E-state index contributed by atoms with van der Waals surface area (Å²) in [5.41, 5.74) is 9.04. The molecule has 2 heterocycles. The van der Waals surface area contributed by atoms with E-state index in [1.165, 1.54) is 0 Å². The number of ether oxygens (including phenoxy) is 3. The van der Waals surface area contributed by atoms with Gasteiger partial charge in [0.25, 0.3) is 0 Å². The van der Waals surface area contributed by atoms with Gasteiger partial charge in [-0.1, -0.05) is 19.9 Å². The summed E-state index contributed by atoms with van der Waals surface area (Å²) >= 11 is 0. The van der Waals surface area contributed by atoms with Gasteiger partial charge in [0, 0.05) is 42.4 Å². The van der Waals surface area contributed by atoms with E-state index in [2.05, 4.69) is 24.9 Å². The SMILES string of the molecule is COc1ccc(C2C(C#N)=C(N)N(N3CCOCC3)C3=C2C(=O)CC(C)(C)C3)c(OC)c1. The van der Waals surface area contributed by atoms with E-state index in [1.54, 1.807) is 20.3 Å². The van der Waals surface area contributed by atoms with Crippen LogP contribution in [0.2, 0.25) is 0 Å². The number of carbonyl (C=O) groups is 1. The van der Waals surface area contributed by atoms with E-state index in [1.807, 2.05) is 17.1 Å². The van der Waals surface area contributed by atoms with Gasteiger partial charge in [-0.3, -0.25) is 9.80 Å². The van der Waals surface area contributed by atoms with Crippen molar-refractivity contribution in [3.63, 3.8) is 0 Å². The molecular weight excluding hydrogens is 408 g/mol. The minimum absolute atomic E-state index is 0.0395. The Labute approximate surface area is 188 Å². The molecule has 170 valence electrons. The number of nitrogens with two attached hydrogens (primary N) is 1. The Hall–Kier alpha value is -3.02. The minimum Gasteiger partial charge on any atom is -0.497 e. The van der Waals surface area contributed by atoms with Crippen molar-refractivity contribution in [3.8, 4) is 17.6 Å². The van der Waals surface area contributed by atoms with Crippen molar-refractivity contribution in [2.24, 2.45) is 11.1 Å². The summed E-state index contributed by atoms with van der Waals surface area (Å²) < 4.78 is 16.5. The van der Waals surface area contributed by atoms with E-state index < -0.39 is 5.92 Å². The highest BCUT2D eigenvalue weighted by atomic mass is 16.5. The van der Waals surface area contributed by atoms with Crippen LogP contribution in [-0.4, -0.2) is 56.3 Å². The molecule has 3 aliphatic rings. The summed E-state index contributed by atoms with van der Waals surface area (Å²) in [6.45, 7) is 6.61. The van der Waals surface area contributed by atoms with E-state index in [-0.39, 0.29) is 11.2 Å². The molecule has 4 rings (SSSR count). The van der Waals surface area contributed by atoms with Crippen molar-refractivity contribution >= 4 is 5.78 Å². The van der Waals surface area contributed by atoms with E-state index in [9.17, 15) is 10.1 Å². The number of rotatable bonds is 4. The van der Waals surface area contributed by atoms with Crippen molar-refractivity contribution < 1.29 is 19.0 Å². The molecule has 1 aromatic carbocycles. The zero-order chi connectivity index (χ0) is 23.0. The minimum atomic E-state index is -0.586. The first-order valence-corrected chi connectivity index (χ1v) is 10.8. The topological polar surface area (TPSA) is 101 Å². The Balaban J connectivity index is 1.94. The lowest BCUT2D eigenvalue weighted by Crippen LogP contribution is -2.53. The number of allylic oxidation sites excluding steroid dienone is 3. The highest BCUT2D eigenvalue weighted by Crippen LogP contribution is 2.51. The molecule has 0 aromatic heterocycles. The third-order valence-corrected chi connectivity index (χ3v) is 6.38. The highest BCUT2D eigenvalue weighted by molar-refractivity contribution is 6.00. The predicted octanol–water partition coefficient (Wildman–Crippen LogP) is 2.69. The zero-order valence-corrected chi connectivity index (χ0v) is 19.1. The van der Waals surface area contributed by atoms with Crippen LogP contribution < -0.4 is 15.2 Å². The number of hydrogen-bond donors (Lipinski definition) is 1. The molecule has 0 spiro atoms. The molecule has 2 aliphatic heterocycles. The fourth-order valence-electron chi connectivity index (χ4n) is 4.94. The first-order valence-electron chi connectivity index (χ1n) is 10.8.